The molecule has 0 aliphatic carbocycles. The predicted octanol–water partition coefficient (Wildman–Crippen LogP) is 2.89. The van der Waals surface area contributed by atoms with Gasteiger partial charge in [-0.2, -0.15) is 0 Å². The first-order chi connectivity index (χ1) is 7.36. The van der Waals surface area contributed by atoms with Gasteiger partial charge in [-0.25, -0.2) is 4.99 Å². The third kappa shape index (κ3) is 1.44. The van der Waals surface area contributed by atoms with Crippen LogP contribution in [0, 0.1) is 0 Å². The van der Waals surface area contributed by atoms with Gasteiger partial charge in [-0.15, -0.1) is 0 Å². The van der Waals surface area contributed by atoms with E-state index in [9.17, 15) is 0 Å². The fourth-order valence-corrected chi connectivity index (χ4v) is 2.45. The van der Waals surface area contributed by atoms with E-state index in [0.29, 0.717) is 0 Å². The van der Waals surface area contributed by atoms with Crippen molar-refractivity contribution in [1.29, 1.82) is 0 Å². The van der Waals surface area contributed by atoms with Crippen LogP contribution in [-0.4, -0.2) is 17.3 Å². The average Bonchev–Trinajstić information content (AvgIpc) is 2.72. The van der Waals surface area contributed by atoms with Gasteiger partial charge in [0.2, 0.25) is 0 Å². The summed E-state index contributed by atoms with van der Waals surface area (Å²) in [6.07, 6.45) is 3.55. The molecule has 2 aliphatic rings. The Kier molecular flexibility index (Phi) is 2.01. The van der Waals surface area contributed by atoms with Gasteiger partial charge in [0, 0.05) is 19.5 Å². The molecule has 0 aromatic heterocycles. The second-order valence-corrected chi connectivity index (χ2v) is 4.37. The molecule has 2 heteroatoms. The lowest BCUT2D eigenvalue weighted by atomic mass is 10.1. The van der Waals surface area contributed by atoms with E-state index in [0.717, 1.165) is 19.4 Å². The Balaban J connectivity index is 2.03. The van der Waals surface area contributed by atoms with Gasteiger partial charge in [-0.3, -0.25) is 0 Å². The lowest BCUT2D eigenvalue weighted by molar-refractivity contribution is 0.443. The first-order valence-corrected chi connectivity index (χ1v) is 5.81. The number of amidine groups is 1. The number of aliphatic imine (C=N–C) groups is 1. The zero-order valence-electron chi connectivity index (χ0n) is 9.16. The molecule has 0 saturated carbocycles. The molecule has 1 fully saturated rings. The third-order valence-electron chi connectivity index (χ3n) is 3.36. The summed E-state index contributed by atoms with van der Waals surface area (Å²) in [5, 5.41) is 0. The number of hydrogen-bond acceptors (Lipinski definition) is 2. The van der Waals surface area contributed by atoms with Gasteiger partial charge >= 0.3 is 0 Å². The molecule has 0 unspecified atom stereocenters. The molecule has 15 heavy (non-hydrogen) atoms. The number of rotatable bonds is 1. The topological polar surface area (TPSA) is 15.6 Å². The highest BCUT2D eigenvalue weighted by Gasteiger charge is 2.23. The Morgan fingerprint density at radius 1 is 1.40 bits per heavy atom. The van der Waals surface area contributed by atoms with Gasteiger partial charge in [0.05, 0.1) is 5.69 Å². The molecule has 0 bridgehead atoms. The van der Waals surface area contributed by atoms with Crippen molar-refractivity contribution < 1.29 is 0 Å². The highest BCUT2D eigenvalue weighted by atomic mass is 15.2. The first kappa shape index (κ1) is 8.96. The second kappa shape index (κ2) is 3.37. The van der Waals surface area contributed by atoms with Crippen LogP contribution >= 0.6 is 0 Å². The fraction of sp³-hybridized carbons (Fsp3) is 0.462. The first-order valence-electron chi connectivity index (χ1n) is 5.81. The van der Waals surface area contributed by atoms with Crippen molar-refractivity contribution in [3.8, 4) is 0 Å². The molecule has 2 nitrogen and oxygen atoms in total. The molecule has 1 aromatic rings. The Bertz CT molecular complexity index is 421. The molecular formula is C13H16N2. The Labute approximate surface area is 90.6 Å². The SMILES string of the molecule is CCc1ccc2c(c1)CN1CCCC1=N2. The molecule has 1 aromatic carbocycles. The van der Waals surface area contributed by atoms with Crippen molar-refractivity contribution in [3.63, 3.8) is 0 Å². The van der Waals surface area contributed by atoms with Crippen molar-refractivity contribution in [2.75, 3.05) is 6.54 Å². The minimum absolute atomic E-state index is 1.07. The van der Waals surface area contributed by atoms with Crippen molar-refractivity contribution >= 4 is 11.5 Å². The molecule has 3 rings (SSSR count). The van der Waals surface area contributed by atoms with Crippen LogP contribution in [0.3, 0.4) is 0 Å². The van der Waals surface area contributed by atoms with Crippen LogP contribution in [0.15, 0.2) is 23.2 Å². The molecule has 2 heterocycles. The van der Waals surface area contributed by atoms with Crippen molar-refractivity contribution in [3.05, 3.63) is 29.3 Å². The van der Waals surface area contributed by atoms with Crippen molar-refractivity contribution in [2.24, 2.45) is 4.99 Å². The van der Waals surface area contributed by atoms with Crippen LogP contribution in [0.1, 0.15) is 30.9 Å². The predicted molar refractivity (Wildman–Crippen MR) is 62.6 cm³/mol. The zero-order valence-corrected chi connectivity index (χ0v) is 9.16. The maximum absolute atomic E-state index is 4.73. The van der Waals surface area contributed by atoms with Crippen LogP contribution in [0.25, 0.3) is 0 Å². The second-order valence-electron chi connectivity index (χ2n) is 4.37. The van der Waals surface area contributed by atoms with Crippen LogP contribution in [0.5, 0.6) is 0 Å². The summed E-state index contributed by atoms with van der Waals surface area (Å²) in [5.41, 5.74) is 4.02. The number of aryl methyl sites for hydroxylation is 1. The number of benzene rings is 1. The van der Waals surface area contributed by atoms with E-state index in [1.807, 2.05) is 0 Å². The van der Waals surface area contributed by atoms with E-state index in [-0.39, 0.29) is 0 Å². The van der Waals surface area contributed by atoms with Crippen molar-refractivity contribution in [2.45, 2.75) is 32.7 Å². The maximum atomic E-state index is 4.73. The Hall–Kier alpha value is -1.31. The van der Waals surface area contributed by atoms with E-state index in [1.54, 1.807) is 0 Å². The summed E-state index contributed by atoms with van der Waals surface area (Å²) in [6, 6.07) is 6.69. The summed E-state index contributed by atoms with van der Waals surface area (Å²) >= 11 is 0. The Morgan fingerprint density at radius 3 is 3.20 bits per heavy atom. The van der Waals surface area contributed by atoms with Crippen molar-refractivity contribution in [1.82, 2.24) is 4.90 Å². The van der Waals surface area contributed by atoms with Gasteiger partial charge in [0.1, 0.15) is 5.84 Å². The summed E-state index contributed by atoms with van der Waals surface area (Å²) in [7, 11) is 0. The quantitative estimate of drug-likeness (QED) is 0.680. The highest BCUT2D eigenvalue weighted by Crippen LogP contribution is 2.30. The van der Waals surface area contributed by atoms with Gasteiger partial charge < -0.3 is 4.90 Å². The van der Waals surface area contributed by atoms with E-state index in [1.165, 1.54) is 35.6 Å². The Morgan fingerprint density at radius 2 is 2.33 bits per heavy atom. The molecule has 78 valence electrons. The highest BCUT2D eigenvalue weighted by molar-refractivity contribution is 5.88. The molecule has 1 saturated heterocycles. The fourth-order valence-electron chi connectivity index (χ4n) is 2.45. The van der Waals surface area contributed by atoms with E-state index < -0.39 is 0 Å². The molecule has 0 radical (unpaired) electrons. The van der Waals surface area contributed by atoms with Gasteiger partial charge in [0.15, 0.2) is 0 Å². The molecule has 0 spiro atoms. The summed E-state index contributed by atoms with van der Waals surface area (Å²) < 4.78 is 0. The monoisotopic (exact) mass is 200 g/mol. The summed E-state index contributed by atoms with van der Waals surface area (Å²) in [5.74, 6) is 1.30. The number of hydrogen-bond donors (Lipinski definition) is 0. The van der Waals surface area contributed by atoms with Gasteiger partial charge in [0.25, 0.3) is 0 Å². The zero-order chi connectivity index (χ0) is 10.3. The van der Waals surface area contributed by atoms with Crippen LogP contribution in [-0.2, 0) is 13.0 Å². The molecule has 2 aliphatic heterocycles. The molecule has 0 atom stereocenters. The molecule has 0 N–H and O–H groups in total. The minimum Gasteiger partial charge on any atom is -0.356 e. The normalized spacial score (nSPS) is 18.5. The van der Waals surface area contributed by atoms with E-state index in [2.05, 4.69) is 30.0 Å². The van der Waals surface area contributed by atoms with E-state index >= 15 is 0 Å². The molecular weight excluding hydrogens is 184 g/mol. The number of nitrogens with zero attached hydrogens (tertiary/aromatic N) is 2. The lowest BCUT2D eigenvalue weighted by Gasteiger charge is -2.25. The smallest absolute Gasteiger partial charge is 0.105 e. The van der Waals surface area contributed by atoms with Gasteiger partial charge in [-0.05, 0) is 30.0 Å². The maximum Gasteiger partial charge on any atom is 0.105 e. The standard InChI is InChI=1S/C13H16N2/c1-2-10-5-6-12-11(8-10)9-15-7-3-4-13(15)14-12/h5-6,8H,2-4,7,9H2,1H3. The average molecular weight is 200 g/mol. The number of fused-ring (bicyclic) bond motifs is 2. The largest absolute Gasteiger partial charge is 0.356 e. The summed E-state index contributed by atoms with van der Waals surface area (Å²) in [4.78, 5) is 7.14. The lowest BCUT2D eigenvalue weighted by Crippen LogP contribution is -2.26. The summed E-state index contributed by atoms with van der Waals surface area (Å²) in [6.45, 7) is 4.46. The van der Waals surface area contributed by atoms with Crippen LogP contribution in [0.2, 0.25) is 0 Å². The minimum atomic E-state index is 1.07. The van der Waals surface area contributed by atoms with Crippen LogP contribution in [0.4, 0.5) is 5.69 Å². The van der Waals surface area contributed by atoms with Crippen LogP contribution < -0.4 is 0 Å². The third-order valence-corrected chi connectivity index (χ3v) is 3.36. The molecule has 0 amide bonds. The van der Waals surface area contributed by atoms with E-state index in [4.69, 9.17) is 4.99 Å². The van der Waals surface area contributed by atoms with Gasteiger partial charge in [-0.1, -0.05) is 19.1 Å².